The zero-order chi connectivity index (χ0) is 10.6. The molecule has 0 bridgehead atoms. The van der Waals surface area contributed by atoms with E-state index in [1.54, 1.807) is 0 Å². The van der Waals surface area contributed by atoms with Crippen LogP contribution < -0.4 is 0 Å². The number of halogens is 3. The van der Waals surface area contributed by atoms with Gasteiger partial charge in [0, 0.05) is 0 Å². The number of hydrogen-bond donors (Lipinski definition) is 0. The fourth-order valence-electron chi connectivity index (χ4n) is 2.22. The van der Waals surface area contributed by atoms with Crippen molar-refractivity contribution in [1.82, 2.24) is 0 Å². The van der Waals surface area contributed by atoms with Crippen molar-refractivity contribution >= 4 is 25.5 Å². The Balaban J connectivity index is 0.000000346. The molecule has 0 N–H and O–H groups in total. The first-order valence-electron chi connectivity index (χ1n) is 4.79. The third-order valence-electron chi connectivity index (χ3n) is 2.91. The van der Waals surface area contributed by atoms with Crippen LogP contribution >= 0.6 is 25.5 Å². The molecule has 87 valence electrons. The zero-order valence-corrected chi connectivity index (χ0v) is 13.8. The van der Waals surface area contributed by atoms with Gasteiger partial charge in [-0.15, -0.1) is 0 Å². The van der Waals surface area contributed by atoms with Crippen molar-refractivity contribution in [2.24, 2.45) is 17.8 Å². The Morgan fingerprint density at radius 2 is 1.60 bits per heavy atom. The fraction of sp³-hybridized carbons (Fsp3) is 0.545. The minimum atomic E-state index is -2.13. The topological polar surface area (TPSA) is 0 Å². The first-order valence-corrected chi connectivity index (χ1v) is 14.3. The van der Waals surface area contributed by atoms with Crippen LogP contribution in [-0.4, -0.2) is 0 Å². The van der Waals surface area contributed by atoms with Crippen molar-refractivity contribution in [2.45, 2.75) is 19.8 Å². The third-order valence-corrected chi connectivity index (χ3v) is 2.91. The standard InChI is InChI=1S/C10H14.CH3.3ClH.Zr/c1-8-6-7-9-4-2-3-5-10(8)9;;;;;/h2-5,8-10H,6-7H2,1H3;1H3;3*1H;/q;-1;;;;+3/p-3. The maximum atomic E-state index is 5.00. The average molecular weight is 347 g/mol. The molecule has 4 heteroatoms. The van der Waals surface area contributed by atoms with Gasteiger partial charge in [-0.05, 0) is 30.6 Å². The Kier molecular flexibility index (Phi) is 9.03. The quantitative estimate of drug-likeness (QED) is 0.523. The van der Waals surface area contributed by atoms with Crippen molar-refractivity contribution < 1.29 is 18.2 Å². The molecule has 0 aromatic carbocycles. The molecule has 15 heavy (non-hydrogen) atoms. The molecule has 3 atom stereocenters. The van der Waals surface area contributed by atoms with Gasteiger partial charge in [0.2, 0.25) is 0 Å². The predicted octanol–water partition coefficient (Wildman–Crippen LogP) is 5.29. The summed E-state index contributed by atoms with van der Waals surface area (Å²) in [5, 5.41) is 0. The molecule has 0 aromatic heterocycles. The number of rotatable bonds is 0. The van der Waals surface area contributed by atoms with E-state index in [0.717, 1.165) is 17.8 Å². The van der Waals surface area contributed by atoms with Crippen LogP contribution in [0.2, 0.25) is 0 Å². The van der Waals surface area contributed by atoms with Crippen molar-refractivity contribution in [3.63, 3.8) is 0 Å². The van der Waals surface area contributed by atoms with Crippen LogP contribution in [0.3, 0.4) is 0 Å². The third kappa shape index (κ3) is 5.92. The van der Waals surface area contributed by atoms with E-state index in [4.69, 9.17) is 25.5 Å². The second-order valence-electron chi connectivity index (χ2n) is 3.78. The summed E-state index contributed by atoms with van der Waals surface area (Å²) in [6.07, 6.45) is 12.0. The van der Waals surface area contributed by atoms with Gasteiger partial charge in [-0.2, -0.15) is 0 Å². The van der Waals surface area contributed by atoms with Crippen LogP contribution in [0, 0.1) is 25.2 Å². The Morgan fingerprint density at radius 1 is 1.07 bits per heavy atom. The van der Waals surface area contributed by atoms with E-state index >= 15 is 0 Å². The van der Waals surface area contributed by atoms with E-state index < -0.39 is 18.2 Å². The summed E-state index contributed by atoms with van der Waals surface area (Å²) in [5.41, 5.74) is 0. The molecule has 2 rings (SSSR count). The van der Waals surface area contributed by atoms with Crippen LogP contribution in [-0.2, 0) is 18.2 Å². The Morgan fingerprint density at radius 3 is 2.13 bits per heavy atom. The second kappa shape index (κ2) is 8.34. The summed E-state index contributed by atoms with van der Waals surface area (Å²) in [5.74, 6) is 2.66. The van der Waals surface area contributed by atoms with Crippen molar-refractivity contribution in [2.75, 3.05) is 0 Å². The molecule has 1 saturated carbocycles. The van der Waals surface area contributed by atoms with Gasteiger partial charge in [0.25, 0.3) is 0 Å². The molecular formula is C11H17Cl3Zr-. The predicted molar refractivity (Wildman–Crippen MR) is 67.6 cm³/mol. The van der Waals surface area contributed by atoms with Gasteiger partial charge < -0.3 is 7.43 Å². The molecule has 0 heterocycles. The zero-order valence-electron chi connectivity index (χ0n) is 9.09. The van der Waals surface area contributed by atoms with Crippen LogP contribution in [0.25, 0.3) is 0 Å². The van der Waals surface area contributed by atoms with Crippen LogP contribution in [0.5, 0.6) is 0 Å². The molecule has 0 saturated heterocycles. The normalized spacial score (nSPS) is 31.1. The molecular weight excluding hydrogens is 330 g/mol. The van der Waals surface area contributed by atoms with Crippen LogP contribution in [0.1, 0.15) is 19.8 Å². The first-order chi connectivity index (χ1) is 6.61. The van der Waals surface area contributed by atoms with E-state index in [-0.39, 0.29) is 7.43 Å². The van der Waals surface area contributed by atoms with Gasteiger partial charge in [-0.1, -0.05) is 31.2 Å². The Hall–Kier alpha value is 1.23. The van der Waals surface area contributed by atoms with E-state index in [1.165, 1.54) is 12.8 Å². The fourth-order valence-corrected chi connectivity index (χ4v) is 2.22. The van der Waals surface area contributed by atoms with Crippen LogP contribution in [0.15, 0.2) is 24.3 Å². The SMILES string of the molecule is CC1CCC2C=CC=CC12.[CH3-].[Cl][Zr]([Cl])[Cl]. The molecule has 0 radical (unpaired) electrons. The molecule has 0 nitrogen and oxygen atoms in total. The number of hydrogen-bond acceptors (Lipinski definition) is 0. The van der Waals surface area contributed by atoms with E-state index in [0.29, 0.717) is 0 Å². The first kappa shape index (κ1) is 16.2. The van der Waals surface area contributed by atoms with Gasteiger partial charge in [0.05, 0.1) is 0 Å². The molecule has 2 aliphatic carbocycles. The van der Waals surface area contributed by atoms with E-state index in [1.807, 2.05) is 0 Å². The van der Waals surface area contributed by atoms with E-state index in [2.05, 4.69) is 31.2 Å². The average Bonchev–Trinajstić information content (AvgIpc) is 2.48. The van der Waals surface area contributed by atoms with Crippen LogP contribution in [0.4, 0.5) is 0 Å². The summed E-state index contributed by atoms with van der Waals surface area (Å²) in [4.78, 5) is 0. The molecule has 0 aliphatic heterocycles. The summed E-state index contributed by atoms with van der Waals surface area (Å²) >= 11 is -2.13. The molecule has 1 fully saturated rings. The monoisotopic (exact) mass is 344 g/mol. The molecule has 3 unspecified atom stereocenters. The molecule has 2 aliphatic rings. The second-order valence-corrected chi connectivity index (χ2v) is 15.0. The van der Waals surface area contributed by atoms with Gasteiger partial charge >= 0.3 is 43.7 Å². The summed E-state index contributed by atoms with van der Waals surface area (Å²) in [6.45, 7) is 2.37. The summed E-state index contributed by atoms with van der Waals surface area (Å²) in [7, 11) is 15.0. The van der Waals surface area contributed by atoms with Gasteiger partial charge in [-0.3, -0.25) is 0 Å². The van der Waals surface area contributed by atoms with Crippen molar-refractivity contribution in [1.29, 1.82) is 0 Å². The molecule has 0 aromatic rings. The van der Waals surface area contributed by atoms with E-state index in [9.17, 15) is 0 Å². The summed E-state index contributed by atoms with van der Waals surface area (Å²) in [6, 6.07) is 0. The maximum absolute atomic E-state index is 5.00. The van der Waals surface area contributed by atoms with Crippen molar-refractivity contribution in [3.8, 4) is 0 Å². The summed E-state index contributed by atoms with van der Waals surface area (Å²) < 4.78 is 0. The van der Waals surface area contributed by atoms with Gasteiger partial charge in [0.15, 0.2) is 0 Å². The number of fused-ring (bicyclic) bond motifs is 1. The van der Waals surface area contributed by atoms with Gasteiger partial charge in [-0.25, -0.2) is 0 Å². The van der Waals surface area contributed by atoms with Gasteiger partial charge in [0.1, 0.15) is 0 Å². The number of allylic oxidation sites excluding steroid dienone is 4. The molecule has 0 amide bonds. The minimum absolute atomic E-state index is 0. The van der Waals surface area contributed by atoms with Crippen molar-refractivity contribution in [3.05, 3.63) is 31.7 Å². The Bertz CT molecular complexity index is 223. The Labute approximate surface area is 112 Å². The molecule has 0 spiro atoms.